The summed E-state index contributed by atoms with van der Waals surface area (Å²) >= 11 is 0. The molecule has 3 rings (SSSR count). The maximum Gasteiger partial charge on any atom is 0.116 e. The highest BCUT2D eigenvalue weighted by molar-refractivity contribution is 5.71. The Morgan fingerprint density at radius 2 is 1.83 bits per heavy atom. The summed E-state index contributed by atoms with van der Waals surface area (Å²) in [6.07, 6.45) is 17.9. The second kappa shape index (κ2) is 16.4. The Balaban J connectivity index is 0.000000401. The molecule has 0 atom stereocenters. The number of allylic oxidation sites excluding steroid dienone is 6. The van der Waals surface area contributed by atoms with Crippen LogP contribution in [0.4, 0.5) is 4.39 Å². The van der Waals surface area contributed by atoms with Crippen molar-refractivity contribution < 1.29 is 4.39 Å². The fourth-order valence-corrected chi connectivity index (χ4v) is 3.63. The van der Waals surface area contributed by atoms with Crippen LogP contribution in [0.5, 0.6) is 0 Å². The van der Waals surface area contributed by atoms with Gasteiger partial charge in [0, 0.05) is 16.8 Å². The largest absolute Gasteiger partial charge is 0.252 e. The molecule has 0 spiro atoms. The van der Waals surface area contributed by atoms with Gasteiger partial charge in [-0.1, -0.05) is 101 Å². The van der Waals surface area contributed by atoms with Crippen LogP contribution in [0, 0.1) is 25.2 Å². The van der Waals surface area contributed by atoms with E-state index in [4.69, 9.17) is 11.4 Å². The minimum atomic E-state index is -0.398. The Morgan fingerprint density at radius 3 is 2.40 bits per heavy atom. The molecule has 0 unspecified atom stereocenters. The molecule has 1 aliphatic rings. The van der Waals surface area contributed by atoms with Gasteiger partial charge in [-0.25, -0.2) is 4.39 Å². The summed E-state index contributed by atoms with van der Waals surface area (Å²) in [6.45, 7) is 17.6. The standard InChI is InChI=1S/C21H21N.C10H15F.C2H6/c1-4-18-7-5-6-8-20(18)21-14-13-19(16(3)22-21)15(2)9-10-17-11-12-17;1-4-6-9(2)7-5-8-10(3)11;1-2/h1,5-8,13-14,17H,2,9-12H2,3H3;5,7-8H,3-4,6H2,1-2H3;1-2H3/b;8-5-,9-7+;. The van der Waals surface area contributed by atoms with E-state index in [0.717, 1.165) is 47.7 Å². The number of aromatic nitrogens is 1. The summed E-state index contributed by atoms with van der Waals surface area (Å²) in [4.78, 5) is 4.76. The molecule has 186 valence electrons. The second-order valence-corrected chi connectivity index (χ2v) is 8.67. The van der Waals surface area contributed by atoms with Crippen molar-refractivity contribution in [2.24, 2.45) is 5.92 Å². The van der Waals surface area contributed by atoms with E-state index >= 15 is 0 Å². The van der Waals surface area contributed by atoms with Crippen LogP contribution in [0.15, 0.2) is 79.2 Å². The van der Waals surface area contributed by atoms with E-state index in [1.807, 2.05) is 51.1 Å². The predicted molar refractivity (Wildman–Crippen MR) is 153 cm³/mol. The fourth-order valence-electron chi connectivity index (χ4n) is 3.63. The zero-order valence-corrected chi connectivity index (χ0v) is 22.3. The van der Waals surface area contributed by atoms with Crippen LogP contribution in [0.2, 0.25) is 0 Å². The molecule has 1 aromatic carbocycles. The topological polar surface area (TPSA) is 12.9 Å². The van der Waals surface area contributed by atoms with Gasteiger partial charge in [-0.15, -0.1) is 6.42 Å². The van der Waals surface area contributed by atoms with Gasteiger partial charge in [0.15, 0.2) is 0 Å². The van der Waals surface area contributed by atoms with E-state index in [1.54, 1.807) is 6.08 Å². The molecule has 35 heavy (non-hydrogen) atoms. The molecule has 0 bridgehead atoms. The Bertz CT molecular complexity index is 1060. The molecule has 1 aromatic heterocycles. The van der Waals surface area contributed by atoms with Crippen molar-refractivity contribution in [1.82, 2.24) is 4.98 Å². The van der Waals surface area contributed by atoms with Crippen molar-refractivity contribution in [3.05, 3.63) is 96.0 Å². The third-order valence-corrected chi connectivity index (χ3v) is 5.68. The molecule has 1 heterocycles. The minimum Gasteiger partial charge on any atom is -0.252 e. The highest BCUT2D eigenvalue weighted by Crippen LogP contribution is 2.36. The summed E-state index contributed by atoms with van der Waals surface area (Å²) in [5.41, 5.74) is 7.52. The van der Waals surface area contributed by atoms with E-state index in [2.05, 4.69) is 45.1 Å². The molecule has 0 N–H and O–H groups in total. The number of rotatable bonds is 9. The molecule has 0 saturated heterocycles. The van der Waals surface area contributed by atoms with Crippen molar-refractivity contribution in [2.45, 2.75) is 73.1 Å². The van der Waals surface area contributed by atoms with Crippen molar-refractivity contribution in [3.63, 3.8) is 0 Å². The van der Waals surface area contributed by atoms with Crippen LogP contribution < -0.4 is 0 Å². The number of hydrogen-bond acceptors (Lipinski definition) is 1. The summed E-state index contributed by atoms with van der Waals surface area (Å²) in [7, 11) is 0. The van der Waals surface area contributed by atoms with Gasteiger partial charge >= 0.3 is 0 Å². The number of nitrogens with zero attached hydrogens (tertiary/aromatic N) is 1. The third kappa shape index (κ3) is 11.2. The number of hydrogen-bond donors (Lipinski definition) is 0. The first kappa shape index (κ1) is 29.9. The quantitative estimate of drug-likeness (QED) is 0.262. The van der Waals surface area contributed by atoms with Gasteiger partial charge < -0.3 is 0 Å². The maximum absolute atomic E-state index is 12.0. The van der Waals surface area contributed by atoms with Crippen LogP contribution in [0.3, 0.4) is 0 Å². The summed E-state index contributed by atoms with van der Waals surface area (Å²) in [5.74, 6) is 3.27. The van der Waals surface area contributed by atoms with Crippen molar-refractivity contribution in [2.75, 3.05) is 0 Å². The number of halogens is 1. The van der Waals surface area contributed by atoms with E-state index in [-0.39, 0.29) is 0 Å². The summed E-state index contributed by atoms with van der Waals surface area (Å²) in [5, 5.41) is 0. The molecule has 1 saturated carbocycles. The van der Waals surface area contributed by atoms with E-state index in [9.17, 15) is 4.39 Å². The highest BCUT2D eigenvalue weighted by Gasteiger charge is 2.21. The zero-order chi connectivity index (χ0) is 26.2. The molecular weight excluding hydrogens is 429 g/mol. The predicted octanol–water partition coefficient (Wildman–Crippen LogP) is 10.0. The normalized spacial score (nSPS) is 12.7. The molecule has 0 aliphatic heterocycles. The van der Waals surface area contributed by atoms with Gasteiger partial charge in [-0.3, -0.25) is 4.98 Å². The molecule has 0 radical (unpaired) electrons. The van der Waals surface area contributed by atoms with Crippen LogP contribution in [-0.4, -0.2) is 4.98 Å². The van der Waals surface area contributed by atoms with Gasteiger partial charge in [0.1, 0.15) is 5.83 Å². The third-order valence-electron chi connectivity index (χ3n) is 5.68. The first-order chi connectivity index (χ1) is 16.8. The van der Waals surface area contributed by atoms with Crippen molar-refractivity contribution in [3.8, 4) is 23.6 Å². The Kier molecular flexibility index (Phi) is 14.0. The minimum absolute atomic E-state index is 0.398. The zero-order valence-electron chi connectivity index (χ0n) is 22.3. The fraction of sp³-hybridized carbons (Fsp3) is 0.364. The lowest BCUT2D eigenvalue weighted by molar-refractivity contribution is 0.671. The molecule has 1 nitrogen and oxygen atoms in total. The summed E-state index contributed by atoms with van der Waals surface area (Å²) < 4.78 is 12.0. The van der Waals surface area contributed by atoms with Gasteiger partial charge in [0.05, 0.1) is 5.69 Å². The SMILES string of the molecule is C#Cc1ccccc1-c1ccc(C(=C)CCC2CC2)c(C)n1.C=C(F)/C=C\C=C(/C)CCC.CC. The van der Waals surface area contributed by atoms with Crippen LogP contribution >= 0.6 is 0 Å². The Morgan fingerprint density at radius 1 is 1.14 bits per heavy atom. The van der Waals surface area contributed by atoms with Gasteiger partial charge in [-0.05, 0) is 68.4 Å². The maximum atomic E-state index is 12.0. The number of benzene rings is 1. The number of aryl methyl sites for hydroxylation is 1. The monoisotopic (exact) mass is 471 g/mol. The van der Waals surface area contributed by atoms with Crippen LogP contribution in [0.1, 0.15) is 83.0 Å². The number of pyridine rings is 1. The smallest absolute Gasteiger partial charge is 0.116 e. The van der Waals surface area contributed by atoms with E-state index < -0.39 is 5.83 Å². The van der Waals surface area contributed by atoms with Crippen molar-refractivity contribution >= 4 is 5.57 Å². The van der Waals surface area contributed by atoms with Crippen molar-refractivity contribution in [1.29, 1.82) is 0 Å². The Labute approximate surface area is 213 Å². The second-order valence-electron chi connectivity index (χ2n) is 8.67. The lowest BCUT2D eigenvalue weighted by Crippen LogP contribution is -1.96. The van der Waals surface area contributed by atoms with E-state index in [1.165, 1.54) is 42.0 Å². The molecule has 2 aromatic rings. The molecule has 2 heteroatoms. The van der Waals surface area contributed by atoms with E-state index in [0.29, 0.717) is 0 Å². The van der Waals surface area contributed by atoms with Gasteiger partial charge in [0.25, 0.3) is 0 Å². The summed E-state index contributed by atoms with van der Waals surface area (Å²) in [6, 6.07) is 12.1. The lowest BCUT2D eigenvalue weighted by atomic mass is 9.98. The lowest BCUT2D eigenvalue weighted by Gasteiger charge is -2.11. The number of terminal acetylenes is 1. The van der Waals surface area contributed by atoms with Gasteiger partial charge in [-0.2, -0.15) is 0 Å². The molecular formula is C33H42FN. The van der Waals surface area contributed by atoms with Crippen LogP contribution in [0.25, 0.3) is 16.8 Å². The molecule has 1 fully saturated rings. The average molecular weight is 472 g/mol. The first-order valence-electron chi connectivity index (χ1n) is 12.8. The average Bonchev–Trinajstić information content (AvgIpc) is 3.69. The molecule has 0 amide bonds. The van der Waals surface area contributed by atoms with Gasteiger partial charge in [0.2, 0.25) is 0 Å². The molecule has 1 aliphatic carbocycles. The Hall–Kier alpha value is -3.18. The highest BCUT2D eigenvalue weighted by atomic mass is 19.1. The first-order valence-corrected chi connectivity index (χ1v) is 12.8. The van der Waals surface area contributed by atoms with Crippen LogP contribution in [-0.2, 0) is 0 Å².